The maximum absolute atomic E-state index is 11.5. The van der Waals surface area contributed by atoms with Gasteiger partial charge in [-0.3, -0.25) is 4.79 Å². The highest BCUT2D eigenvalue weighted by Crippen LogP contribution is 2.30. The fourth-order valence-corrected chi connectivity index (χ4v) is 2.13. The van der Waals surface area contributed by atoms with Gasteiger partial charge in [-0.1, -0.05) is 0 Å². The Morgan fingerprint density at radius 3 is 3.00 bits per heavy atom. The van der Waals surface area contributed by atoms with E-state index in [1.807, 2.05) is 0 Å². The quantitative estimate of drug-likeness (QED) is 0.606. The molecule has 0 fully saturated rings. The number of carbonyl (C=O) groups is 2. The average molecular weight is 179 g/mol. The van der Waals surface area contributed by atoms with Crippen molar-refractivity contribution in [2.45, 2.75) is 25.7 Å². The van der Waals surface area contributed by atoms with Crippen molar-refractivity contribution in [3.63, 3.8) is 0 Å². The predicted molar refractivity (Wildman–Crippen MR) is 48.1 cm³/mol. The van der Waals surface area contributed by atoms with Gasteiger partial charge in [0.25, 0.3) is 0 Å². The fourth-order valence-electron chi connectivity index (χ4n) is 2.13. The van der Waals surface area contributed by atoms with Gasteiger partial charge in [0, 0.05) is 18.9 Å². The fraction of sp³-hybridized carbons (Fsp3) is 0.600. The summed E-state index contributed by atoms with van der Waals surface area (Å²) in [7, 11) is 0. The minimum atomic E-state index is 0.000463. The van der Waals surface area contributed by atoms with Gasteiger partial charge in [-0.15, -0.1) is 0 Å². The number of nitrogens with one attached hydrogen (secondary N) is 1. The first-order valence-electron chi connectivity index (χ1n) is 4.78. The number of hydrogen-bond acceptors (Lipinski definition) is 3. The Kier molecular flexibility index (Phi) is 2.17. The van der Waals surface area contributed by atoms with E-state index in [4.69, 9.17) is 0 Å². The molecule has 0 radical (unpaired) electrons. The van der Waals surface area contributed by atoms with Gasteiger partial charge in [-0.05, 0) is 24.8 Å². The molecule has 0 saturated carbocycles. The number of hydrogen-bond donors (Lipinski definition) is 1. The molecule has 0 aromatic rings. The Hall–Kier alpha value is -1.12. The van der Waals surface area contributed by atoms with Gasteiger partial charge in [0.15, 0.2) is 5.78 Å². The van der Waals surface area contributed by atoms with Crippen LogP contribution in [0.2, 0.25) is 0 Å². The molecular weight excluding hydrogens is 166 g/mol. The molecule has 3 heteroatoms. The summed E-state index contributed by atoms with van der Waals surface area (Å²) in [5.74, 6) is 0.188. The lowest BCUT2D eigenvalue weighted by Crippen LogP contribution is -2.34. The Labute approximate surface area is 77.2 Å². The first-order chi connectivity index (χ1) is 6.33. The van der Waals surface area contributed by atoms with E-state index in [1.54, 1.807) is 0 Å². The third-order valence-electron chi connectivity index (χ3n) is 2.82. The maximum atomic E-state index is 11.5. The second-order valence-electron chi connectivity index (χ2n) is 3.63. The third kappa shape index (κ3) is 1.39. The summed E-state index contributed by atoms with van der Waals surface area (Å²) in [6.07, 6.45) is 4.28. The molecule has 0 saturated heterocycles. The van der Waals surface area contributed by atoms with Crippen LogP contribution in [-0.2, 0) is 9.59 Å². The van der Waals surface area contributed by atoms with Crippen molar-refractivity contribution in [2.75, 3.05) is 6.54 Å². The Balaban J connectivity index is 2.34. The minimum Gasteiger partial charge on any atom is -0.382 e. The molecule has 1 aliphatic carbocycles. The Morgan fingerprint density at radius 1 is 1.38 bits per heavy atom. The number of allylic oxidation sites excluding steroid dienone is 2. The lowest BCUT2D eigenvalue weighted by atomic mass is 9.83. The molecule has 1 heterocycles. The highest BCUT2D eigenvalue weighted by atomic mass is 16.1. The lowest BCUT2D eigenvalue weighted by Gasteiger charge is -2.28. The van der Waals surface area contributed by atoms with Crippen LogP contribution in [0.1, 0.15) is 25.7 Å². The van der Waals surface area contributed by atoms with Gasteiger partial charge in [0.05, 0.1) is 5.70 Å². The molecule has 0 aromatic carbocycles. The first kappa shape index (κ1) is 8.48. The molecule has 1 aliphatic heterocycles. The van der Waals surface area contributed by atoms with Gasteiger partial charge in [-0.2, -0.15) is 0 Å². The van der Waals surface area contributed by atoms with Crippen LogP contribution in [-0.4, -0.2) is 18.6 Å². The van der Waals surface area contributed by atoms with Crippen LogP contribution in [0.5, 0.6) is 0 Å². The van der Waals surface area contributed by atoms with Crippen LogP contribution in [0.4, 0.5) is 0 Å². The van der Waals surface area contributed by atoms with Crippen molar-refractivity contribution in [1.82, 2.24) is 5.32 Å². The largest absolute Gasteiger partial charge is 0.382 e. The summed E-state index contributed by atoms with van der Waals surface area (Å²) in [6, 6.07) is 0. The highest BCUT2D eigenvalue weighted by Gasteiger charge is 2.28. The van der Waals surface area contributed by atoms with Gasteiger partial charge >= 0.3 is 0 Å². The van der Waals surface area contributed by atoms with Gasteiger partial charge in [0.1, 0.15) is 6.29 Å². The first-order valence-corrected chi connectivity index (χ1v) is 4.78. The summed E-state index contributed by atoms with van der Waals surface area (Å²) < 4.78 is 0. The molecule has 0 bridgehead atoms. The van der Waals surface area contributed by atoms with Crippen molar-refractivity contribution in [2.24, 2.45) is 5.92 Å². The SMILES string of the molecule is O=CC1CCNC2=C1CCCC2=O. The second-order valence-corrected chi connectivity index (χ2v) is 3.63. The van der Waals surface area contributed by atoms with Crippen molar-refractivity contribution >= 4 is 12.1 Å². The van der Waals surface area contributed by atoms with Crippen LogP contribution in [0, 0.1) is 5.92 Å². The zero-order valence-electron chi connectivity index (χ0n) is 7.51. The van der Waals surface area contributed by atoms with E-state index in [1.165, 1.54) is 0 Å². The van der Waals surface area contributed by atoms with Crippen LogP contribution in [0.15, 0.2) is 11.3 Å². The van der Waals surface area contributed by atoms with E-state index in [2.05, 4.69) is 5.32 Å². The number of carbonyl (C=O) groups excluding carboxylic acids is 2. The smallest absolute Gasteiger partial charge is 0.178 e. The molecule has 13 heavy (non-hydrogen) atoms. The van der Waals surface area contributed by atoms with Crippen LogP contribution >= 0.6 is 0 Å². The summed E-state index contributed by atoms with van der Waals surface area (Å²) >= 11 is 0. The normalized spacial score (nSPS) is 28.0. The van der Waals surface area contributed by atoms with Gasteiger partial charge < -0.3 is 10.1 Å². The summed E-state index contributed by atoms with van der Waals surface area (Å²) in [4.78, 5) is 22.2. The molecule has 2 aliphatic rings. The van der Waals surface area contributed by atoms with Crippen molar-refractivity contribution < 1.29 is 9.59 Å². The molecule has 0 spiro atoms. The summed E-state index contributed by atoms with van der Waals surface area (Å²) in [5.41, 5.74) is 1.80. The highest BCUT2D eigenvalue weighted by molar-refractivity contribution is 5.97. The zero-order valence-corrected chi connectivity index (χ0v) is 7.51. The van der Waals surface area contributed by atoms with Crippen LogP contribution in [0.3, 0.4) is 0 Å². The molecule has 1 N–H and O–H groups in total. The van der Waals surface area contributed by atoms with E-state index < -0.39 is 0 Å². The molecule has 0 aromatic heterocycles. The molecule has 2 rings (SSSR count). The zero-order chi connectivity index (χ0) is 9.26. The second kappa shape index (κ2) is 3.32. The van der Waals surface area contributed by atoms with Crippen molar-refractivity contribution in [3.8, 4) is 0 Å². The van der Waals surface area contributed by atoms with Gasteiger partial charge in [-0.25, -0.2) is 0 Å². The Morgan fingerprint density at radius 2 is 2.23 bits per heavy atom. The van der Waals surface area contributed by atoms with E-state index in [-0.39, 0.29) is 11.7 Å². The molecule has 1 unspecified atom stereocenters. The maximum Gasteiger partial charge on any atom is 0.178 e. The van der Waals surface area contributed by atoms with E-state index in [0.717, 1.165) is 43.4 Å². The van der Waals surface area contributed by atoms with E-state index in [0.29, 0.717) is 6.42 Å². The van der Waals surface area contributed by atoms with Crippen LogP contribution in [0.25, 0.3) is 0 Å². The summed E-state index contributed by atoms with van der Waals surface area (Å²) in [5, 5.41) is 3.11. The molecular formula is C10H13NO2. The number of aldehydes is 1. The molecule has 3 nitrogen and oxygen atoms in total. The topological polar surface area (TPSA) is 46.2 Å². The lowest BCUT2D eigenvalue weighted by molar-refractivity contribution is -0.116. The Bertz CT molecular complexity index is 281. The molecule has 1 atom stereocenters. The van der Waals surface area contributed by atoms with E-state index in [9.17, 15) is 9.59 Å². The van der Waals surface area contributed by atoms with Crippen LogP contribution < -0.4 is 5.32 Å². The molecule has 0 amide bonds. The molecule has 70 valence electrons. The summed E-state index contributed by atoms with van der Waals surface area (Å²) in [6.45, 7) is 0.758. The third-order valence-corrected chi connectivity index (χ3v) is 2.82. The standard InChI is InChI=1S/C10H13NO2/c12-6-7-4-5-11-10-8(7)2-1-3-9(10)13/h6-7,11H,1-5H2. The van der Waals surface area contributed by atoms with E-state index >= 15 is 0 Å². The van der Waals surface area contributed by atoms with Crippen molar-refractivity contribution in [1.29, 1.82) is 0 Å². The average Bonchev–Trinajstić information content (AvgIpc) is 2.18. The van der Waals surface area contributed by atoms with Crippen molar-refractivity contribution in [3.05, 3.63) is 11.3 Å². The minimum absolute atomic E-state index is 0.000463. The number of rotatable bonds is 1. The monoisotopic (exact) mass is 179 g/mol. The van der Waals surface area contributed by atoms with Gasteiger partial charge in [0.2, 0.25) is 0 Å². The number of ketones is 1. The number of Topliss-reactive ketones (excluding diaryl/α,β-unsaturated/α-hetero) is 1. The predicted octanol–water partition coefficient (Wildman–Crippen LogP) is 0.802.